The maximum Gasteiger partial charge on any atom is 0.480 e. The Labute approximate surface area is 91.2 Å². The SMILES string of the molecule is CC(C)=C(C)C(C)C.O=P(O)(O)OS. The molecule has 6 heteroatoms. The molecule has 14 heavy (non-hydrogen) atoms. The van der Waals surface area contributed by atoms with Crippen molar-refractivity contribution in [2.45, 2.75) is 34.6 Å². The summed E-state index contributed by atoms with van der Waals surface area (Å²) in [5, 5.41) is 0. The molecule has 0 unspecified atom stereocenters. The van der Waals surface area contributed by atoms with E-state index in [2.05, 4.69) is 51.5 Å². The average molecular weight is 242 g/mol. The summed E-state index contributed by atoms with van der Waals surface area (Å²) in [7, 11) is -4.28. The fraction of sp³-hybridized carbons (Fsp3) is 0.750. The van der Waals surface area contributed by atoms with E-state index >= 15 is 0 Å². The molecule has 0 fully saturated rings. The zero-order valence-corrected chi connectivity index (χ0v) is 11.0. The highest BCUT2D eigenvalue weighted by molar-refractivity contribution is 7.80. The van der Waals surface area contributed by atoms with Crippen LogP contribution in [0.3, 0.4) is 0 Å². The summed E-state index contributed by atoms with van der Waals surface area (Å²) in [6.45, 7) is 11.0. The standard InChI is InChI=1S/C8H16.H3O4PS/c1-6(2)8(5)7(3)4;1-5(2,3)4-6/h6H,1-5H3;6H,(H2,1,2,3). The monoisotopic (exact) mass is 242 g/mol. The van der Waals surface area contributed by atoms with Gasteiger partial charge < -0.3 is 9.79 Å². The predicted octanol–water partition coefficient (Wildman–Crippen LogP) is 2.94. The summed E-state index contributed by atoms with van der Waals surface area (Å²) in [4.78, 5) is 15.3. The fourth-order valence-electron chi connectivity index (χ4n) is 0.577. The Morgan fingerprint density at radius 2 is 1.57 bits per heavy atom. The molecular formula is C8H19O4PS. The molecule has 0 aliphatic rings. The Bertz CT molecular complexity index is 227. The second kappa shape index (κ2) is 7.49. The number of hydrogen-bond acceptors (Lipinski definition) is 3. The van der Waals surface area contributed by atoms with E-state index in [0.717, 1.165) is 5.92 Å². The summed E-state index contributed by atoms with van der Waals surface area (Å²) in [6, 6.07) is 0. The second-order valence-electron chi connectivity index (χ2n) is 3.41. The smallest absolute Gasteiger partial charge is 0.302 e. The summed E-state index contributed by atoms with van der Waals surface area (Å²) in [6.07, 6.45) is 0. The van der Waals surface area contributed by atoms with E-state index in [1.807, 2.05) is 0 Å². The number of rotatable bonds is 2. The van der Waals surface area contributed by atoms with E-state index < -0.39 is 7.82 Å². The molecular weight excluding hydrogens is 223 g/mol. The van der Waals surface area contributed by atoms with Crippen molar-refractivity contribution in [3.05, 3.63) is 11.1 Å². The number of allylic oxidation sites excluding steroid dienone is 2. The van der Waals surface area contributed by atoms with Gasteiger partial charge >= 0.3 is 7.82 Å². The maximum atomic E-state index is 9.40. The van der Waals surface area contributed by atoms with Crippen LogP contribution in [-0.2, 0) is 8.54 Å². The van der Waals surface area contributed by atoms with Gasteiger partial charge in [0.2, 0.25) is 0 Å². The average Bonchev–Trinajstić information content (AvgIpc) is 2.02. The Morgan fingerprint density at radius 3 is 1.57 bits per heavy atom. The quantitative estimate of drug-likeness (QED) is 0.301. The number of thiol groups is 1. The molecule has 0 aliphatic heterocycles. The lowest BCUT2D eigenvalue weighted by molar-refractivity contribution is 0.300. The Kier molecular flexibility index (Phi) is 8.89. The third-order valence-corrected chi connectivity index (χ3v) is 2.61. The van der Waals surface area contributed by atoms with Gasteiger partial charge in [-0.05, 0) is 39.6 Å². The molecule has 0 saturated carbocycles. The van der Waals surface area contributed by atoms with Gasteiger partial charge in [-0.1, -0.05) is 25.0 Å². The summed E-state index contributed by atoms with van der Waals surface area (Å²) in [5.74, 6) is 0.722. The third-order valence-electron chi connectivity index (χ3n) is 1.76. The Balaban J connectivity index is 0. The van der Waals surface area contributed by atoms with Crippen LogP contribution in [-0.4, -0.2) is 9.79 Å². The highest BCUT2D eigenvalue weighted by Crippen LogP contribution is 2.36. The summed E-state index contributed by atoms with van der Waals surface area (Å²) >= 11 is 2.84. The van der Waals surface area contributed by atoms with Crippen LogP contribution in [0.1, 0.15) is 34.6 Å². The first-order valence-corrected chi connectivity index (χ1v) is 6.04. The molecule has 4 nitrogen and oxygen atoms in total. The van der Waals surface area contributed by atoms with Gasteiger partial charge in [0.1, 0.15) is 0 Å². The van der Waals surface area contributed by atoms with E-state index in [1.165, 1.54) is 11.1 Å². The molecule has 0 aromatic heterocycles. The van der Waals surface area contributed by atoms with Gasteiger partial charge in [-0.25, -0.2) is 8.54 Å². The van der Waals surface area contributed by atoms with Gasteiger partial charge in [0.15, 0.2) is 0 Å². The normalized spacial score (nSPS) is 10.6. The lowest BCUT2D eigenvalue weighted by atomic mass is 10.0. The minimum atomic E-state index is -4.28. The molecule has 0 rings (SSSR count). The number of hydrogen-bond donors (Lipinski definition) is 3. The van der Waals surface area contributed by atoms with Crippen molar-refractivity contribution in [2.24, 2.45) is 5.92 Å². The van der Waals surface area contributed by atoms with Gasteiger partial charge in [0, 0.05) is 0 Å². The summed E-state index contributed by atoms with van der Waals surface area (Å²) in [5.41, 5.74) is 2.98. The van der Waals surface area contributed by atoms with Gasteiger partial charge in [-0.2, -0.15) is 0 Å². The lowest BCUT2D eigenvalue weighted by Gasteiger charge is -2.05. The van der Waals surface area contributed by atoms with Crippen LogP contribution in [0.2, 0.25) is 0 Å². The molecule has 0 aromatic carbocycles. The van der Waals surface area contributed by atoms with Crippen LogP contribution >= 0.6 is 20.7 Å². The zero-order valence-electron chi connectivity index (χ0n) is 9.18. The summed E-state index contributed by atoms with van der Waals surface area (Å²) < 4.78 is 12.7. The van der Waals surface area contributed by atoms with Crippen molar-refractivity contribution in [1.29, 1.82) is 0 Å². The van der Waals surface area contributed by atoms with Gasteiger partial charge in [-0.3, -0.25) is 0 Å². The maximum absolute atomic E-state index is 9.40. The Morgan fingerprint density at radius 1 is 1.29 bits per heavy atom. The van der Waals surface area contributed by atoms with Crippen molar-refractivity contribution in [3.63, 3.8) is 0 Å². The van der Waals surface area contributed by atoms with E-state index in [9.17, 15) is 4.57 Å². The molecule has 0 aromatic rings. The molecule has 2 N–H and O–H groups in total. The molecule has 0 aliphatic carbocycles. The second-order valence-corrected chi connectivity index (χ2v) is 5.04. The first-order chi connectivity index (χ1) is 6.11. The van der Waals surface area contributed by atoms with Crippen molar-refractivity contribution in [2.75, 3.05) is 0 Å². The van der Waals surface area contributed by atoms with Gasteiger partial charge in [0.05, 0.1) is 0 Å². The molecule has 0 saturated heterocycles. The first kappa shape index (κ1) is 16.6. The highest BCUT2D eigenvalue weighted by Gasteiger charge is 2.09. The van der Waals surface area contributed by atoms with E-state index in [1.54, 1.807) is 0 Å². The zero-order chi connectivity index (χ0) is 11.9. The highest BCUT2D eigenvalue weighted by atomic mass is 32.1. The molecule has 86 valence electrons. The minimum Gasteiger partial charge on any atom is -0.302 e. The van der Waals surface area contributed by atoms with Crippen molar-refractivity contribution in [1.82, 2.24) is 0 Å². The molecule has 0 spiro atoms. The van der Waals surface area contributed by atoms with Crippen LogP contribution in [0.5, 0.6) is 0 Å². The molecule has 0 amide bonds. The van der Waals surface area contributed by atoms with Crippen LogP contribution in [0.15, 0.2) is 11.1 Å². The van der Waals surface area contributed by atoms with E-state index in [0.29, 0.717) is 0 Å². The van der Waals surface area contributed by atoms with Crippen molar-refractivity contribution in [3.8, 4) is 0 Å². The largest absolute Gasteiger partial charge is 0.480 e. The van der Waals surface area contributed by atoms with E-state index in [-0.39, 0.29) is 0 Å². The van der Waals surface area contributed by atoms with Crippen LogP contribution in [0.4, 0.5) is 0 Å². The first-order valence-electron chi connectivity index (χ1n) is 4.14. The molecule has 0 radical (unpaired) electrons. The van der Waals surface area contributed by atoms with Crippen LogP contribution in [0.25, 0.3) is 0 Å². The molecule has 0 atom stereocenters. The fourth-order valence-corrected chi connectivity index (χ4v) is 0.577. The number of phosphoric acid groups is 1. The molecule has 0 heterocycles. The van der Waals surface area contributed by atoms with Crippen LogP contribution in [0, 0.1) is 5.92 Å². The van der Waals surface area contributed by atoms with Gasteiger partial charge in [-0.15, -0.1) is 0 Å². The van der Waals surface area contributed by atoms with E-state index in [4.69, 9.17) is 9.79 Å². The van der Waals surface area contributed by atoms with Crippen molar-refractivity contribution >= 4 is 20.7 Å². The lowest BCUT2D eigenvalue weighted by Crippen LogP contribution is -1.89. The van der Waals surface area contributed by atoms with Crippen molar-refractivity contribution < 1.29 is 18.3 Å². The molecule has 0 bridgehead atoms. The topological polar surface area (TPSA) is 66.8 Å². The minimum absolute atomic E-state index is 0.722. The Hall–Kier alpha value is 0.200. The third kappa shape index (κ3) is 12.2. The van der Waals surface area contributed by atoms with Gasteiger partial charge in [0.25, 0.3) is 0 Å². The predicted molar refractivity (Wildman–Crippen MR) is 61.0 cm³/mol. The van der Waals surface area contributed by atoms with Crippen LogP contribution < -0.4 is 0 Å².